The van der Waals surface area contributed by atoms with Gasteiger partial charge < -0.3 is 14.8 Å². The SMILES string of the molecule is CC(C)CCNC(=O)C1c2cccn2Cc2ccccc2C(=O)N1Cc1ccc(F)cc1. The smallest absolute Gasteiger partial charge is 0.255 e. The quantitative estimate of drug-likeness (QED) is 0.621. The lowest BCUT2D eigenvalue weighted by Gasteiger charge is -2.34. The van der Waals surface area contributed by atoms with Gasteiger partial charge in [-0.3, -0.25) is 9.59 Å². The number of carbonyl (C=O) groups is 2. The molecule has 0 radical (unpaired) electrons. The highest BCUT2D eigenvalue weighted by atomic mass is 19.1. The van der Waals surface area contributed by atoms with Crippen molar-refractivity contribution in [2.45, 2.75) is 39.4 Å². The van der Waals surface area contributed by atoms with E-state index in [-0.39, 0.29) is 24.2 Å². The van der Waals surface area contributed by atoms with E-state index in [1.807, 2.05) is 41.1 Å². The van der Waals surface area contributed by atoms with Crippen LogP contribution < -0.4 is 5.32 Å². The molecule has 32 heavy (non-hydrogen) atoms. The number of halogens is 1. The molecular weight excluding hydrogens is 405 g/mol. The van der Waals surface area contributed by atoms with Crippen molar-refractivity contribution in [2.75, 3.05) is 6.54 Å². The molecule has 0 saturated carbocycles. The monoisotopic (exact) mass is 433 g/mol. The van der Waals surface area contributed by atoms with Crippen molar-refractivity contribution in [3.63, 3.8) is 0 Å². The molecule has 1 aliphatic heterocycles. The molecule has 0 aliphatic carbocycles. The summed E-state index contributed by atoms with van der Waals surface area (Å²) in [6.45, 7) is 5.47. The molecule has 1 atom stereocenters. The highest BCUT2D eigenvalue weighted by Gasteiger charge is 2.36. The molecule has 1 aromatic heterocycles. The fourth-order valence-electron chi connectivity index (χ4n) is 4.11. The van der Waals surface area contributed by atoms with Gasteiger partial charge in [-0.2, -0.15) is 0 Å². The minimum atomic E-state index is -0.789. The summed E-state index contributed by atoms with van der Waals surface area (Å²) in [7, 11) is 0. The first-order chi connectivity index (χ1) is 15.4. The summed E-state index contributed by atoms with van der Waals surface area (Å²) in [5.74, 6) is -0.294. The lowest BCUT2D eigenvalue weighted by molar-refractivity contribution is -0.126. The van der Waals surface area contributed by atoms with E-state index in [4.69, 9.17) is 0 Å². The third-order valence-electron chi connectivity index (χ3n) is 5.84. The second-order valence-electron chi connectivity index (χ2n) is 8.65. The summed E-state index contributed by atoms with van der Waals surface area (Å²) in [6.07, 6.45) is 2.79. The lowest BCUT2D eigenvalue weighted by Crippen LogP contribution is -2.45. The summed E-state index contributed by atoms with van der Waals surface area (Å²) in [6, 6.07) is 16.6. The maximum absolute atomic E-state index is 13.8. The van der Waals surface area contributed by atoms with E-state index in [0.29, 0.717) is 24.6 Å². The largest absolute Gasteiger partial charge is 0.354 e. The maximum atomic E-state index is 13.8. The number of hydrogen-bond acceptors (Lipinski definition) is 2. The van der Waals surface area contributed by atoms with E-state index in [1.165, 1.54) is 12.1 Å². The molecular formula is C26H28FN3O2. The van der Waals surface area contributed by atoms with Crippen molar-refractivity contribution < 1.29 is 14.0 Å². The molecule has 1 aliphatic rings. The summed E-state index contributed by atoms with van der Waals surface area (Å²) in [5.41, 5.74) is 3.00. The number of rotatable bonds is 6. The number of aromatic nitrogens is 1. The van der Waals surface area contributed by atoms with Gasteiger partial charge in [0.15, 0.2) is 6.04 Å². The minimum absolute atomic E-state index is 0.195. The molecule has 4 rings (SSSR count). The van der Waals surface area contributed by atoms with Crippen molar-refractivity contribution in [1.82, 2.24) is 14.8 Å². The predicted molar refractivity (Wildman–Crippen MR) is 121 cm³/mol. The first kappa shape index (κ1) is 21.8. The van der Waals surface area contributed by atoms with Crippen LogP contribution in [-0.2, 0) is 17.9 Å². The van der Waals surface area contributed by atoms with Gasteiger partial charge in [0.25, 0.3) is 5.91 Å². The molecule has 3 aromatic rings. The van der Waals surface area contributed by atoms with Crippen LogP contribution in [0.25, 0.3) is 0 Å². The number of benzene rings is 2. The van der Waals surface area contributed by atoms with Gasteiger partial charge in [0, 0.05) is 31.4 Å². The zero-order chi connectivity index (χ0) is 22.7. The average Bonchev–Trinajstić information content (AvgIpc) is 3.21. The van der Waals surface area contributed by atoms with Crippen LogP contribution in [0.5, 0.6) is 0 Å². The Hall–Kier alpha value is -3.41. The van der Waals surface area contributed by atoms with E-state index in [1.54, 1.807) is 23.1 Å². The highest BCUT2D eigenvalue weighted by molar-refractivity contribution is 5.99. The first-order valence-electron chi connectivity index (χ1n) is 11.0. The molecule has 2 amide bonds. The Bertz CT molecular complexity index is 1100. The van der Waals surface area contributed by atoms with Gasteiger partial charge in [0.05, 0.1) is 5.69 Å². The van der Waals surface area contributed by atoms with Gasteiger partial charge in [-0.1, -0.05) is 44.2 Å². The Labute approximate surface area is 187 Å². The van der Waals surface area contributed by atoms with E-state index >= 15 is 0 Å². The second kappa shape index (κ2) is 9.39. The number of nitrogens with zero attached hydrogens (tertiary/aromatic N) is 2. The maximum Gasteiger partial charge on any atom is 0.255 e. The van der Waals surface area contributed by atoms with Gasteiger partial charge in [-0.05, 0) is 53.8 Å². The Kier molecular flexibility index (Phi) is 6.40. The molecule has 1 N–H and O–H groups in total. The summed E-state index contributed by atoms with van der Waals surface area (Å²) in [5, 5.41) is 3.03. The van der Waals surface area contributed by atoms with Crippen LogP contribution in [0.1, 0.15) is 53.5 Å². The Morgan fingerprint density at radius 3 is 2.59 bits per heavy atom. The third kappa shape index (κ3) is 4.59. The van der Waals surface area contributed by atoms with Crippen molar-refractivity contribution in [3.8, 4) is 0 Å². The summed E-state index contributed by atoms with van der Waals surface area (Å²) >= 11 is 0. The van der Waals surface area contributed by atoms with Crippen LogP contribution in [0.2, 0.25) is 0 Å². The molecule has 0 fully saturated rings. The average molecular weight is 434 g/mol. The molecule has 166 valence electrons. The summed E-state index contributed by atoms with van der Waals surface area (Å²) < 4.78 is 15.5. The van der Waals surface area contributed by atoms with Crippen molar-refractivity contribution in [2.24, 2.45) is 5.92 Å². The molecule has 0 bridgehead atoms. The number of nitrogens with one attached hydrogen (secondary N) is 1. The fourth-order valence-corrected chi connectivity index (χ4v) is 4.11. The van der Waals surface area contributed by atoms with E-state index in [9.17, 15) is 14.0 Å². The summed E-state index contributed by atoms with van der Waals surface area (Å²) in [4.78, 5) is 28.8. The van der Waals surface area contributed by atoms with Gasteiger partial charge in [0.1, 0.15) is 5.82 Å². The normalized spacial score (nSPS) is 15.7. The number of fused-ring (bicyclic) bond motifs is 2. The zero-order valence-electron chi connectivity index (χ0n) is 18.4. The highest BCUT2D eigenvalue weighted by Crippen LogP contribution is 2.30. The van der Waals surface area contributed by atoms with Gasteiger partial charge in [-0.15, -0.1) is 0 Å². The molecule has 0 saturated heterocycles. The van der Waals surface area contributed by atoms with Crippen LogP contribution in [0, 0.1) is 11.7 Å². The first-order valence-corrected chi connectivity index (χ1v) is 11.0. The van der Waals surface area contributed by atoms with Crippen molar-refractivity contribution in [1.29, 1.82) is 0 Å². The Balaban J connectivity index is 1.77. The van der Waals surface area contributed by atoms with Gasteiger partial charge >= 0.3 is 0 Å². The van der Waals surface area contributed by atoms with E-state index in [2.05, 4.69) is 19.2 Å². The second-order valence-corrected chi connectivity index (χ2v) is 8.65. The minimum Gasteiger partial charge on any atom is -0.354 e. The number of carbonyl (C=O) groups excluding carboxylic acids is 2. The molecule has 1 unspecified atom stereocenters. The lowest BCUT2D eigenvalue weighted by atomic mass is 10.00. The van der Waals surface area contributed by atoms with Crippen LogP contribution in [0.4, 0.5) is 4.39 Å². The molecule has 6 heteroatoms. The van der Waals surface area contributed by atoms with Crippen LogP contribution in [0.15, 0.2) is 66.9 Å². The third-order valence-corrected chi connectivity index (χ3v) is 5.84. The number of amides is 2. The topological polar surface area (TPSA) is 54.3 Å². The molecule has 2 aromatic carbocycles. The standard InChI is InChI=1S/C26H28FN3O2/c1-18(2)13-14-28-25(31)24-23-8-5-15-29(23)17-20-6-3-4-7-22(20)26(32)30(24)16-19-9-11-21(27)12-10-19/h3-12,15,18,24H,13-14,16-17H2,1-2H3,(H,28,31). The van der Waals surface area contributed by atoms with Crippen molar-refractivity contribution >= 4 is 11.8 Å². The van der Waals surface area contributed by atoms with Crippen LogP contribution in [0.3, 0.4) is 0 Å². The van der Waals surface area contributed by atoms with Crippen LogP contribution >= 0.6 is 0 Å². The molecule has 5 nitrogen and oxygen atoms in total. The van der Waals surface area contributed by atoms with E-state index < -0.39 is 6.04 Å². The molecule has 2 heterocycles. The Morgan fingerprint density at radius 1 is 1.09 bits per heavy atom. The fraction of sp³-hybridized carbons (Fsp3) is 0.308. The zero-order valence-corrected chi connectivity index (χ0v) is 18.4. The predicted octanol–water partition coefficient (Wildman–Crippen LogP) is 4.53. The van der Waals surface area contributed by atoms with Gasteiger partial charge in [-0.25, -0.2) is 4.39 Å². The van der Waals surface area contributed by atoms with E-state index in [0.717, 1.165) is 23.2 Å². The molecule has 0 spiro atoms. The van der Waals surface area contributed by atoms with Gasteiger partial charge in [0.2, 0.25) is 5.91 Å². The number of hydrogen-bond donors (Lipinski definition) is 1. The Morgan fingerprint density at radius 2 is 1.84 bits per heavy atom. The van der Waals surface area contributed by atoms with Crippen molar-refractivity contribution in [3.05, 3.63) is 95.1 Å². The van der Waals surface area contributed by atoms with Crippen LogP contribution in [-0.4, -0.2) is 27.8 Å².